The molecule has 1 N–H and O–H groups in total. The van der Waals surface area contributed by atoms with Crippen molar-refractivity contribution in [2.45, 2.75) is 31.9 Å². The summed E-state index contributed by atoms with van der Waals surface area (Å²) in [6, 6.07) is 14.5. The number of ether oxygens (including phenoxy) is 2. The van der Waals surface area contributed by atoms with Gasteiger partial charge in [0, 0.05) is 40.6 Å². The molecule has 0 spiro atoms. The van der Waals surface area contributed by atoms with Crippen LogP contribution in [0.4, 0.5) is 4.39 Å². The van der Waals surface area contributed by atoms with Crippen LogP contribution in [0.2, 0.25) is 10.0 Å². The SMILES string of the molecule is COc1cc(C(=O)N(CC(=O)O)Cc2ccc(F)cc2Cl)cc2c1O[C@](C)(Cc1ccc(Cl)cc1)C2. The molecule has 36 heavy (non-hydrogen) atoms. The first kappa shape index (κ1) is 25.8. The Morgan fingerprint density at radius 3 is 2.50 bits per heavy atom. The number of rotatable bonds is 8. The summed E-state index contributed by atoms with van der Waals surface area (Å²) in [6.45, 7) is 1.32. The summed E-state index contributed by atoms with van der Waals surface area (Å²) >= 11 is 12.1. The Bertz CT molecular complexity index is 1310. The Hall–Kier alpha value is -3.29. The van der Waals surface area contributed by atoms with Gasteiger partial charge in [0.2, 0.25) is 0 Å². The molecular weight excluding hydrogens is 508 g/mol. The molecule has 0 saturated heterocycles. The van der Waals surface area contributed by atoms with Gasteiger partial charge in [0.25, 0.3) is 5.91 Å². The summed E-state index contributed by atoms with van der Waals surface area (Å²) in [4.78, 5) is 26.1. The van der Waals surface area contributed by atoms with Gasteiger partial charge < -0.3 is 19.5 Å². The Balaban J connectivity index is 1.62. The third kappa shape index (κ3) is 5.74. The van der Waals surface area contributed by atoms with Crippen LogP contribution in [0.3, 0.4) is 0 Å². The maximum absolute atomic E-state index is 13.5. The van der Waals surface area contributed by atoms with E-state index in [2.05, 4.69) is 0 Å². The minimum absolute atomic E-state index is 0.103. The molecule has 1 atom stereocenters. The van der Waals surface area contributed by atoms with E-state index >= 15 is 0 Å². The fourth-order valence-corrected chi connectivity index (χ4v) is 4.75. The number of carbonyl (C=O) groups is 2. The second-order valence-corrected chi connectivity index (χ2v) is 9.83. The smallest absolute Gasteiger partial charge is 0.323 e. The van der Waals surface area contributed by atoms with Crippen LogP contribution in [-0.2, 0) is 24.2 Å². The van der Waals surface area contributed by atoms with E-state index in [1.165, 1.54) is 25.3 Å². The standard InChI is InChI=1S/C27H24Cl2FNO5/c1-27(12-16-3-6-20(28)7-4-16)13-19-9-18(10-23(35-2)25(19)36-27)26(34)31(15-24(32)33)14-17-5-8-21(30)11-22(17)29/h3-11H,12-15H2,1-2H3,(H,32,33)/t27-/m1/s1. The molecule has 0 bridgehead atoms. The largest absolute Gasteiger partial charge is 0.493 e. The Kier molecular flexibility index (Phi) is 7.43. The van der Waals surface area contributed by atoms with Gasteiger partial charge in [-0.2, -0.15) is 0 Å². The third-order valence-electron chi connectivity index (χ3n) is 5.99. The summed E-state index contributed by atoms with van der Waals surface area (Å²) in [6.07, 6.45) is 1.13. The number of halogens is 3. The predicted molar refractivity (Wildman–Crippen MR) is 135 cm³/mol. The van der Waals surface area contributed by atoms with E-state index in [1.54, 1.807) is 6.07 Å². The Morgan fingerprint density at radius 1 is 1.14 bits per heavy atom. The quantitative estimate of drug-likeness (QED) is 0.397. The maximum atomic E-state index is 13.5. The van der Waals surface area contributed by atoms with Crippen molar-refractivity contribution in [3.8, 4) is 11.5 Å². The number of aliphatic carboxylic acids is 1. The number of hydrogen-bond acceptors (Lipinski definition) is 4. The number of benzene rings is 3. The van der Waals surface area contributed by atoms with Gasteiger partial charge in [-0.15, -0.1) is 0 Å². The molecular formula is C27H24Cl2FNO5. The summed E-state index contributed by atoms with van der Waals surface area (Å²) in [5.41, 5.74) is 1.94. The highest BCUT2D eigenvalue weighted by atomic mass is 35.5. The van der Waals surface area contributed by atoms with Crippen LogP contribution in [0.1, 0.15) is 34.0 Å². The number of carboxylic acid groups (broad SMARTS) is 1. The van der Waals surface area contributed by atoms with Gasteiger partial charge in [-0.1, -0.05) is 41.4 Å². The summed E-state index contributed by atoms with van der Waals surface area (Å²) in [5.74, 6) is -1.30. The van der Waals surface area contributed by atoms with Crippen molar-refractivity contribution in [3.05, 3.63) is 92.7 Å². The van der Waals surface area contributed by atoms with E-state index in [9.17, 15) is 19.1 Å². The lowest BCUT2D eigenvalue weighted by atomic mass is 9.91. The van der Waals surface area contributed by atoms with E-state index in [1.807, 2.05) is 31.2 Å². The first-order chi connectivity index (χ1) is 17.1. The zero-order valence-corrected chi connectivity index (χ0v) is 21.2. The summed E-state index contributed by atoms with van der Waals surface area (Å²) in [7, 11) is 1.48. The fraction of sp³-hybridized carbons (Fsp3) is 0.259. The number of carbonyl (C=O) groups excluding carboxylic acids is 1. The van der Waals surface area contributed by atoms with Crippen molar-refractivity contribution in [1.82, 2.24) is 4.90 Å². The fourth-order valence-electron chi connectivity index (χ4n) is 4.40. The molecule has 1 aliphatic rings. The van der Waals surface area contributed by atoms with E-state index in [-0.39, 0.29) is 17.1 Å². The lowest BCUT2D eigenvalue weighted by Gasteiger charge is -2.24. The second kappa shape index (κ2) is 10.4. The molecule has 0 fully saturated rings. The zero-order valence-electron chi connectivity index (χ0n) is 19.7. The molecule has 3 aromatic rings. The van der Waals surface area contributed by atoms with Crippen LogP contribution >= 0.6 is 23.2 Å². The van der Waals surface area contributed by atoms with Crippen molar-refractivity contribution in [2.24, 2.45) is 0 Å². The van der Waals surface area contributed by atoms with Crippen LogP contribution in [0, 0.1) is 5.82 Å². The summed E-state index contributed by atoms with van der Waals surface area (Å²) < 4.78 is 25.3. The van der Waals surface area contributed by atoms with Crippen LogP contribution in [0.5, 0.6) is 11.5 Å². The minimum atomic E-state index is -1.19. The monoisotopic (exact) mass is 531 g/mol. The number of carboxylic acids is 1. The molecule has 0 unspecified atom stereocenters. The number of nitrogens with zero attached hydrogens (tertiary/aromatic N) is 1. The van der Waals surface area contributed by atoms with Crippen molar-refractivity contribution < 1.29 is 28.6 Å². The van der Waals surface area contributed by atoms with Crippen LogP contribution < -0.4 is 9.47 Å². The second-order valence-electron chi connectivity index (χ2n) is 8.99. The lowest BCUT2D eigenvalue weighted by Crippen LogP contribution is -2.35. The molecule has 3 aromatic carbocycles. The highest BCUT2D eigenvalue weighted by Crippen LogP contribution is 2.44. The molecule has 0 aliphatic carbocycles. The molecule has 1 heterocycles. The maximum Gasteiger partial charge on any atom is 0.323 e. The van der Waals surface area contributed by atoms with Crippen LogP contribution in [-0.4, -0.2) is 41.1 Å². The first-order valence-electron chi connectivity index (χ1n) is 11.2. The minimum Gasteiger partial charge on any atom is -0.493 e. The van der Waals surface area contributed by atoms with Gasteiger partial charge in [-0.05, 0) is 54.4 Å². The van der Waals surface area contributed by atoms with E-state index in [0.29, 0.717) is 34.9 Å². The number of methoxy groups -OCH3 is 1. The molecule has 0 saturated carbocycles. The van der Waals surface area contributed by atoms with Gasteiger partial charge in [-0.25, -0.2) is 4.39 Å². The van der Waals surface area contributed by atoms with Crippen molar-refractivity contribution in [2.75, 3.05) is 13.7 Å². The van der Waals surface area contributed by atoms with Gasteiger partial charge in [0.1, 0.15) is 18.0 Å². The Morgan fingerprint density at radius 2 is 1.86 bits per heavy atom. The number of amides is 1. The van der Waals surface area contributed by atoms with Crippen LogP contribution in [0.15, 0.2) is 54.6 Å². The molecule has 0 aromatic heterocycles. The molecule has 188 valence electrons. The molecule has 6 nitrogen and oxygen atoms in total. The number of hydrogen-bond donors (Lipinski definition) is 1. The van der Waals surface area contributed by atoms with Gasteiger partial charge in [0.15, 0.2) is 11.5 Å². The van der Waals surface area contributed by atoms with Crippen molar-refractivity contribution in [3.63, 3.8) is 0 Å². The van der Waals surface area contributed by atoms with Gasteiger partial charge >= 0.3 is 5.97 Å². The first-order valence-corrected chi connectivity index (χ1v) is 11.9. The van der Waals surface area contributed by atoms with Crippen molar-refractivity contribution in [1.29, 1.82) is 0 Å². The van der Waals surface area contributed by atoms with E-state index in [0.717, 1.165) is 22.1 Å². The topological polar surface area (TPSA) is 76.1 Å². The Labute approximate surface area is 218 Å². The lowest BCUT2D eigenvalue weighted by molar-refractivity contribution is -0.137. The van der Waals surface area contributed by atoms with Crippen LogP contribution in [0.25, 0.3) is 0 Å². The van der Waals surface area contributed by atoms with Crippen molar-refractivity contribution >= 4 is 35.1 Å². The third-order valence-corrected chi connectivity index (χ3v) is 6.60. The number of fused-ring (bicyclic) bond motifs is 1. The van der Waals surface area contributed by atoms with E-state index in [4.69, 9.17) is 32.7 Å². The molecule has 9 heteroatoms. The molecule has 4 rings (SSSR count). The normalized spacial score (nSPS) is 16.2. The average Bonchev–Trinajstić information content (AvgIpc) is 3.16. The predicted octanol–water partition coefficient (Wildman–Crippen LogP) is 5.80. The molecule has 1 amide bonds. The van der Waals surface area contributed by atoms with E-state index < -0.39 is 29.8 Å². The zero-order chi connectivity index (χ0) is 26.0. The molecule has 0 radical (unpaired) electrons. The highest BCUT2D eigenvalue weighted by Gasteiger charge is 2.38. The van der Waals surface area contributed by atoms with Gasteiger partial charge in [-0.3, -0.25) is 9.59 Å². The highest BCUT2D eigenvalue weighted by molar-refractivity contribution is 6.31. The molecule has 1 aliphatic heterocycles. The summed E-state index contributed by atoms with van der Waals surface area (Å²) in [5, 5.41) is 10.2. The van der Waals surface area contributed by atoms with Gasteiger partial charge in [0.05, 0.1) is 7.11 Å². The average molecular weight is 532 g/mol.